The molecule has 1 nitrogen and oxygen atoms in total. The van der Waals surface area contributed by atoms with Crippen LogP contribution < -0.4 is 0 Å². The molecule has 0 heterocycles. The Labute approximate surface area is 93.0 Å². The fourth-order valence-corrected chi connectivity index (χ4v) is 1.53. The third-order valence-corrected chi connectivity index (χ3v) is 2.24. The quantitative estimate of drug-likeness (QED) is 0.714. The van der Waals surface area contributed by atoms with Crippen molar-refractivity contribution in [3.05, 3.63) is 40.4 Å². The van der Waals surface area contributed by atoms with Gasteiger partial charge in [0.15, 0.2) is 0 Å². The largest absolute Gasteiger partial charge is 0.418 e. The predicted molar refractivity (Wildman–Crippen MR) is 54.0 cm³/mol. The average molecular weight is 276 g/mol. The van der Waals surface area contributed by atoms with E-state index in [0.29, 0.717) is 0 Å². The fraction of sp³-hybridized carbons (Fsp3) is 0.100. The van der Waals surface area contributed by atoms with E-state index in [1.54, 1.807) is 6.07 Å². The normalized spacial score (nSPS) is 13.0. The summed E-state index contributed by atoms with van der Waals surface area (Å²) >= 11 is 2.61. The lowest BCUT2D eigenvalue weighted by Crippen LogP contribution is -2.11. The molecule has 0 aliphatic carbocycles. The Balaban J connectivity index is 3.35. The van der Waals surface area contributed by atoms with E-state index in [2.05, 4.69) is 15.9 Å². The SMILES string of the molecule is N#C/C(Br)=C(/c1ccccc1)C(F)(F)F. The number of nitriles is 1. The molecule has 78 valence electrons. The van der Waals surface area contributed by atoms with Crippen LogP contribution in [0.15, 0.2) is 34.8 Å². The van der Waals surface area contributed by atoms with Gasteiger partial charge in [-0.3, -0.25) is 0 Å². The summed E-state index contributed by atoms with van der Waals surface area (Å²) in [5.74, 6) is 0. The van der Waals surface area contributed by atoms with Crippen molar-refractivity contribution in [1.82, 2.24) is 0 Å². The van der Waals surface area contributed by atoms with Crippen molar-refractivity contribution in [2.45, 2.75) is 6.18 Å². The van der Waals surface area contributed by atoms with Gasteiger partial charge in [-0.25, -0.2) is 0 Å². The first kappa shape index (κ1) is 11.8. The second-order valence-electron chi connectivity index (χ2n) is 2.66. The van der Waals surface area contributed by atoms with Crippen LogP contribution in [0.25, 0.3) is 5.57 Å². The lowest BCUT2D eigenvalue weighted by Gasteiger charge is -2.11. The number of hydrogen-bond acceptors (Lipinski definition) is 1. The lowest BCUT2D eigenvalue weighted by atomic mass is 10.1. The molecule has 0 amide bonds. The van der Waals surface area contributed by atoms with Crippen molar-refractivity contribution in [3.63, 3.8) is 0 Å². The predicted octanol–water partition coefficient (Wildman–Crippen LogP) is 3.88. The molecule has 5 heteroatoms. The van der Waals surface area contributed by atoms with Crippen LogP contribution in [0.5, 0.6) is 0 Å². The summed E-state index contributed by atoms with van der Waals surface area (Å²) in [7, 11) is 0. The maximum Gasteiger partial charge on any atom is 0.418 e. The van der Waals surface area contributed by atoms with Crippen LogP contribution in [0, 0.1) is 11.3 Å². The molecule has 0 spiro atoms. The van der Waals surface area contributed by atoms with Crippen LogP contribution in [0.1, 0.15) is 5.56 Å². The van der Waals surface area contributed by atoms with Gasteiger partial charge in [0.05, 0.1) is 5.57 Å². The molecule has 1 aromatic rings. The molecule has 0 aliphatic rings. The van der Waals surface area contributed by atoms with Gasteiger partial charge in [0.2, 0.25) is 0 Å². The van der Waals surface area contributed by atoms with Crippen molar-refractivity contribution in [2.24, 2.45) is 0 Å². The van der Waals surface area contributed by atoms with Crippen LogP contribution in [0.2, 0.25) is 0 Å². The minimum absolute atomic E-state index is 0.0292. The molecular weight excluding hydrogens is 271 g/mol. The molecule has 0 unspecified atom stereocenters. The summed E-state index contributed by atoms with van der Waals surface area (Å²) in [5, 5.41) is 8.48. The third kappa shape index (κ3) is 2.83. The Morgan fingerprint density at radius 2 is 1.73 bits per heavy atom. The Kier molecular flexibility index (Phi) is 3.53. The molecule has 0 aliphatic heterocycles. The van der Waals surface area contributed by atoms with Crippen LogP contribution in [0.4, 0.5) is 13.2 Å². The number of hydrogen-bond donors (Lipinski definition) is 0. The van der Waals surface area contributed by atoms with Gasteiger partial charge in [-0.2, -0.15) is 18.4 Å². The molecule has 15 heavy (non-hydrogen) atoms. The molecule has 0 N–H and O–H groups in total. The second-order valence-corrected chi connectivity index (χ2v) is 3.46. The topological polar surface area (TPSA) is 23.8 Å². The standard InChI is InChI=1S/C10H5BrF3N/c11-8(6-15)9(10(12,13)14)7-4-2-1-3-5-7/h1-5H/b9-8+. The maximum absolute atomic E-state index is 12.6. The van der Waals surface area contributed by atoms with E-state index in [9.17, 15) is 13.2 Å². The minimum Gasteiger partial charge on any atom is -0.192 e. The summed E-state index contributed by atoms with van der Waals surface area (Å²) < 4.78 is 37.3. The minimum atomic E-state index is -4.55. The number of nitrogens with zero attached hydrogens (tertiary/aromatic N) is 1. The summed E-state index contributed by atoms with van der Waals surface area (Å²) in [6.45, 7) is 0. The van der Waals surface area contributed by atoms with Gasteiger partial charge in [-0.15, -0.1) is 0 Å². The van der Waals surface area contributed by atoms with Crippen molar-refractivity contribution in [1.29, 1.82) is 5.26 Å². The van der Waals surface area contributed by atoms with Crippen LogP contribution >= 0.6 is 15.9 Å². The smallest absolute Gasteiger partial charge is 0.192 e. The van der Waals surface area contributed by atoms with Gasteiger partial charge >= 0.3 is 6.18 Å². The van der Waals surface area contributed by atoms with Crippen LogP contribution in [0.3, 0.4) is 0 Å². The third-order valence-electron chi connectivity index (χ3n) is 1.66. The molecule has 0 fully saturated rings. The van der Waals surface area contributed by atoms with Gasteiger partial charge in [0.1, 0.15) is 10.6 Å². The van der Waals surface area contributed by atoms with E-state index >= 15 is 0 Å². The Bertz CT molecular complexity index is 415. The first-order chi connectivity index (χ1) is 6.96. The first-order valence-corrected chi connectivity index (χ1v) is 4.68. The fourth-order valence-electron chi connectivity index (χ4n) is 1.08. The highest BCUT2D eigenvalue weighted by molar-refractivity contribution is 9.12. The van der Waals surface area contributed by atoms with Crippen LogP contribution in [-0.2, 0) is 0 Å². The zero-order valence-electron chi connectivity index (χ0n) is 7.35. The van der Waals surface area contributed by atoms with Gasteiger partial charge in [0, 0.05) is 0 Å². The van der Waals surface area contributed by atoms with Gasteiger partial charge in [-0.05, 0) is 21.5 Å². The van der Waals surface area contributed by atoms with E-state index in [4.69, 9.17) is 5.26 Å². The van der Waals surface area contributed by atoms with E-state index in [1.165, 1.54) is 30.3 Å². The van der Waals surface area contributed by atoms with E-state index < -0.39 is 16.2 Å². The number of halogens is 4. The highest BCUT2D eigenvalue weighted by atomic mass is 79.9. The Morgan fingerprint density at radius 3 is 2.13 bits per heavy atom. The summed E-state index contributed by atoms with van der Waals surface area (Å²) in [6, 6.07) is 8.64. The summed E-state index contributed by atoms with van der Waals surface area (Å²) in [4.78, 5) is 0. The maximum atomic E-state index is 12.6. The highest BCUT2D eigenvalue weighted by Gasteiger charge is 2.37. The summed E-state index contributed by atoms with van der Waals surface area (Å²) in [5.41, 5.74) is -0.982. The van der Waals surface area contributed by atoms with Gasteiger partial charge in [-0.1, -0.05) is 30.3 Å². The molecule has 0 saturated heterocycles. The number of alkyl halides is 3. The average Bonchev–Trinajstić information content (AvgIpc) is 2.17. The molecule has 0 bridgehead atoms. The van der Waals surface area contributed by atoms with E-state index in [0.717, 1.165) is 0 Å². The zero-order chi connectivity index (χ0) is 11.5. The van der Waals surface area contributed by atoms with Crippen molar-refractivity contribution < 1.29 is 13.2 Å². The molecule has 0 aromatic heterocycles. The van der Waals surface area contributed by atoms with Gasteiger partial charge < -0.3 is 0 Å². The summed E-state index contributed by atoms with van der Waals surface area (Å²) in [6.07, 6.45) is -4.55. The second kappa shape index (κ2) is 4.49. The van der Waals surface area contributed by atoms with Crippen molar-refractivity contribution >= 4 is 21.5 Å². The Hall–Kier alpha value is -1.28. The van der Waals surface area contributed by atoms with Crippen molar-refractivity contribution in [2.75, 3.05) is 0 Å². The first-order valence-electron chi connectivity index (χ1n) is 3.89. The molecule has 0 saturated carbocycles. The number of benzene rings is 1. The molecular formula is C10H5BrF3N. The molecule has 1 rings (SSSR count). The van der Waals surface area contributed by atoms with Crippen LogP contribution in [-0.4, -0.2) is 6.18 Å². The number of allylic oxidation sites excluding steroid dienone is 2. The highest BCUT2D eigenvalue weighted by Crippen LogP contribution is 2.37. The zero-order valence-corrected chi connectivity index (χ0v) is 8.93. The van der Waals surface area contributed by atoms with Gasteiger partial charge in [0.25, 0.3) is 0 Å². The molecule has 0 atom stereocenters. The Morgan fingerprint density at radius 1 is 1.20 bits per heavy atom. The van der Waals surface area contributed by atoms with E-state index in [1.807, 2.05) is 0 Å². The molecule has 0 radical (unpaired) electrons. The molecule has 1 aromatic carbocycles. The number of rotatable bonds is 1. The van der Waals surface area contributed by atoms with Crippen molar-refractivity contribution in [3.8, 4) is 6.07 Å². The lowest BCUT2D eigenvalue weighted by molar-refractivity contribution is -0.0689. The van der Waals surface area contributed by atoms with E-state index in [-0.39, 0.29) is 5.56 Å². The monoisotopic (exact) mass is 275 g/mol.